The van der Waals surface area contributed by atoms with Crippen LogP contribution in [0.5, 0.6) is 0 Å². The average Bonchev–Trinajstić information content (AvgIpc) is 2.92. The first-order chi connectivity index (χ1) is 11.0. The molecule has 0 unspecified atom stereocenters. The van der Waals surface area contributed by atoms with Gasteiger partial charge in [-0.15, -0.1) is 11.3 Å². The van der Waals surface area contributed by atoms with E-state index in [-0.39, 0.29) is 11.3 Å². The van der Waals surface area contributed by atoms with Crippen molar-refractivity contribution in [1.82, 2.24) is 15.3 Å². The first-order valence-electron chi connectivity index (χ1n) is 7.53. The van der Waals surface area contributed by atoms with Crippen LogP contribution < -0.4 is 10.9 Å². The summed E-state index contributed by atoms with van der Waals surface area (Å²) in [6, 6.07) is 1.43. The van der Waals surface area contributed by atoms with E-state index < -0.39 is 11.5 Å². The minimum atomic E-state index is -0.458. The van der Waals surface area contributed by atoms with Crippen molar-refractivity contribution in [2.24, 2.45) is 0 Å². The maximum absolute atomic E-state index is 12.2. The maximum atomic E-state index is 12.2. The molecule has 1 amide bonds. The highest BCUT2D eigenvalue weighted by atomic mass is 32.1. The van der Waals surface area contributed by atoms with Gasteiger partial charge < -0.3 is 10.3 Å². The van der Waals surface area contributed by atoms with E-state index in [1.807, 2.05) is 12.3 Å². The fourth-order valence-corrected chi connectivity index (χ4v) is 3.42. The molecular formula is C16H17N3O3S. The number of nitrogens with zero attached hydrogens (tertiary/aromatic N) is 1. The Labute approximate surface area is 137 Å². The number of ketones is 1. The second kappa shape index (κ2) is 6.45. The van der Waals surface area contributed by atoms with Gasteiger partial charge >= 0.3 is 0 Å². The molecule has 120 valence electrons. The van der Waals surface area contributed by atoms with Gasteiger partial charge in [-0.2, -0.15) is 0 Å². The maximum Gasteiger partial charge on any atom is 0.261 e. The van der Waals surface area contributed by atoms with Crippen LogP contribution in [0.15, 0.2) is 16.2 Å². The highest BCUT2D eigenvalue weighted by molar-refractivity contribution is 7.09. The zero-order valence-electron chi connectivity index (χ0n) is 12.8. The molecule has 23 heavy (non-hydrogen) atoms. The van der Waals surface area contributed by atoms with Crippen molar-refractivity contribution in [3.8, 4) is 0 Å². The number of aryl methyl sites for hydroxylation is 2. The van der Waals surface area contributed by atoms with E-state index in [4.69, 9.17) is 0 Å². The van der Waals surface area contributed by atoms with Gasteiger partial charge in [0.25, 0.3) is 11.5 Å². The second-order valence-electron chi connectivity index (χ2n) is 5.57. The number of thiazole rings is 1. The van der Waals surface area contributed by atoms with Crippen LogP contribution in [0.2, 0.25) is 0 Å². The van der Waals surface area contributed by atoms with Crippen LogP contribution in [0.3, 0.4) is 0 Å². The molecule has 0 saturated heterocycles. The van der Waals surface area contributed by atoms with Gasteiger partial charge in [0.2, 0.25) is 0 Å². The van der Waals surface area contributed by atoms with Crippen LogP contribution >= 0.6 is 11.3 Å². The van der Waals surface area contributed by atoms with Gasteiger partial charge in [0.15, 0.2) is 5.78 Å². The SMILES string of the molecule is Cc1csc(CCNC(=O)c2cc3c([nH]c2=O)CCCC3=O)n1. The molecular weight excluding hydrogens is 314 g/mol. The number of fused-ring (bicyclic) bond motifs is 1. The summed E-state index contributed by atoms with van der Waals surface area (Å²) in [6.45, 7) is 2.32. The molecule has 1 aliphatic rings. The third kappa shape index (κ3) is 3.39. The topological polar surface area (TPSA) is 91.9 Å². The molecule has 0 saturated carbocycles. The van der Waals surface area contributed by atoms with Crippen molar-refractivity contribution in [2.75, 3.05) is 6.54 Å². The van der Waals surface area contributed by atoms with Crippen LogP contribution in [-0.4, -0.2) is 28.2 Å². The number of hydrogen-bond acceptors (Lipinski definition) is 5. The molecule has 0 spiro atoms. The first-order valence-corrected chi connectivity index (χ1v) is 8.41. The number of nitrogens with one attached hydrogen (secondary N) is 2. The predicted octanol–water partition coefficient (Wildman–Crippen LogP) is 1.63. The Hall–Kier alpha value is -2.28. The fraction of sp³-hybridized carbons (Fsp3) is 0.375. The summed E-state index contributed by atoms with van der Waals surface area (Å²) in [5.74, 6) is -0.476. The quantitative estimate of drug-likeness (QED) is 0.891. The van der Waals surface area contributed by atoms with Crippen molar-refractivity contribution >= 4 is 23.0 Å². The van der Waals surface area contributed by atoms with Crippen molar-refractivity contribution in [3.05, 3.63) is 49.3 Å². The van der Waals surface area contributed by atoms with Gasteiger partial charge in [0.1, 0.15) is 5.56 Å². The molecule has 0 aliphatic heterocycles. The Morgan fingerprint density at radius 2 is 2.22 bits per heavy atom. The molecule has 6 nitrogen and oxygen atoms in total. The normalized spacial score (nSPS) is 13.7. The summed E-state index contributed by atoms with van der Waals surface area (Å²) in [7, 11) is 0. The standard InChI is InChI=1S/C16H17N3O3S/c1-9-8-23-14(18-9)5-6-17-15(21)11-7-10-12(19-16(11)22)3-2-4-13(10)20/h7-8H,2-6H2,1H3,(H,17,21)(H,19,22). The van der Waals surface area contributed by atoms with E-state index in [0.717, 1.165) is 17.1 Å². The van der Waals surface area contributed by atoms with Crippen molar-refractivity contribution in [1.29, 1.82) is 0 Å². The van der Waals surface area contributed by atoms with Crippen LogP contribution in [0.1, 0.15) is 50.0 Å². The fourth-order valence-electron chi connectivity index (χ4n) is 2.64. The zero-order chi connectivity index (χ0) is 16.4. The lowest BCUT2D eigenvalue weighted by molar-refractivity contribution is 0.0952. The lowest BCUT2D eigenvalue weighted by Gasteiger charge is -2.14. The number of Topliss-reactive ketones (excluding diaryl/α,β-unsaturated/α-hetero) is 1. The number of pyridine rings is 1. The highest BCUT2D eigenvalue weighted by Crippen LogP contribution is 2.18. The van der Waals surface area contributed by atoms with E-state index in [1.165, 1.54) is 6.07 Å². The van der Waals surface area contributed by atoms with E-state index in [9.17, 15) is 14.4 Å². The number of carbonyl (C=O) groups excluding carboxylic acids is 2. The number of aromatic nitrogens is 2. The molecule has 0 radical (unpaired) electrons. The summed E-state index contributed by atoms with van der Waals surface area (Å²) in [4.78, 5) is 43.1. The molecule has 0 atom stereocenters. The largest absolute Gasteiger partial charge is 0.351 e. The van der Waals surface area contributed by atoms with Gasteiger partial charge in [-0.25, -0.2) is 4.98 Å². The van der Waals surface area contributed by atoms with Crippen LogP contribution in [0.25, 0.3) is 0 Å². The summed E-state index contributed by atoms with van der Waals surface area (Å²) >= 11 is 1.54. The minimum absolute atomic E-state index is 0.00526. The highest BCUT2D eigenvalue weighted by Gasteiger charge is 2.21. The molecule has 7 heteroatoms. The van der Waals surface area contributed by atoms with E-state index in [1.54, 1.807) is 11.3 Å². The Morgan fingerprint density at radius 1 is 1.39 bits per heavy atom. The Kier molecular flexibility index (Phi) is 4.38. The molecule has 2 heterocycles. The van der Waals surface area contributed by atoms with Crippen molar-refractivity contribution in [2.45, 2.75) is 32.6 Å². The molecule has 2 N–H and O–H groups in total. The molecule has 2 aromatic heterocycles. The van der Waals surface area contributed by atoms with Gasteiger partial charge in [-0.3, -0.25) is 14.4 Å². The Bertz CT molecular complexity index is 822. The monoisotopic (exact) mass is 331 g/mol. The molecule has 1 aliphatic carbocycles. The lowest BCUT2D eigenvalue weighted by atomic mass is 9.93. The number of amides is 1. The molecule has 3 rings (SSSR count). The van der Waals surface area contributed by atoms with E-state index in [0.29, 0.717) is 37.1 Å². The van der Waals surface area contributed by atoms with Crippen LogP contribution in [0, 0.1) is 6.92 Å². The number of hydrogen-bond donors (Lipinski definition) is 2. The number of rotatable bonds is 4. The first kappa shape index (κ1) is 15.6. The molecule has 0 aromatic carbocycles. The van der Waals surface area contributed by atoms with Gasteiger partial charge in [-0.1, -0.05) is 0 Å². The van der Waals surface area contributed by atoms with E-state index in [2.05, 4.69) is 15.3 Å². The van der Waals surface area contributed by atoms with Gasteiger partial charge in [0, 0.05) is 41.7 Å². The van der Waals surface area contributed by atoms with Crippen LogP contribution in [-0.2, 0) is 12.8 Å². The summed E-state index contributed by atoms with van der Waals surface area (Å²) in [5, 5.41) is 5.61. The average molecular weight is 331 g/mol. The third-order valence-corrected chi connectivity index (χ3v) is 4.82. The van der Waals surface area contributed by atoms with Crippen LogP contribution in [0.4, 0.5) is 0 Å². The molecule has 0 bridgehead atoms. The van der Waals surface area contributed by atoms with Crippen molar-refractivity contribution < 1.29 is 9.59 Å². The number of aromatic amines is 1. The third-order valence-electron chi connectivity index (χ3n) is 3.79. The molecule has 2 aromatic rings. The zero-order valence-corrected chi connectivity index (χ0v) is 13.6. The van der Waals surface area contributed by atoms with Crippen molar-refractivity contribution in [3.63, 3.8) is 0 Å². The predicted molar refractivity (Wildman–Crippen MR) is 87.2 cm³/mol. The smallest absolute Gasteiger partial charge is 0.261 e. The summed E-state index contributed by atoms with van der Waals surface area (Å²) in [5.41, 5.74) is 1.62. The number of H-pyrrole nitrogens is 1. The summed E-state index contributed by atoms with van der Waals surface area (Å²) < 4.78 is 0. The lowest BCUT2D eigenvalue weighted by Crippen LogP contribution is -2.32. The molecule has 0 fully saturated rings. The van der Waals surface area contributed by atoms with E-state index >= 15 is 0 Å². The minimum Gasteiger partial charge on any atom is -0.351 e. The number of carbonyl (C=O) groups is 2. The summed E-state index contributed by atoms with van der Waals surface area (Å²) in [6.07, 6.45) is 2.48. The van der Waals surface area contributed by atoms with Gasteiger partial charge in [-0.05, 0) is 25.8 Å². The van der Waals surface area contributed by atoms with Gasteiger partial charge in [0.05, 0.1) is 5.01 Å². The Balaban J connectivity index is 1.71. The Morgan fingerprint density at radius 3 is 2.96 bits per heavy atom. The second-order valence-corrected chi connectivity index (χ2v) is 6.51.